The molecule has 0 aliphatic heterocycles. The van der Waals surface area contributed by atoms with E-state index in [1.807, 2.05) is 0 Å². The van der Waals surface area contributed by atoms with Gasteiger partial charge in [-0.15, -0.1) is 0 Å². The van der Waals surface area contributed by atoms with Crippen molar-refractivity contribution in [2.45, 2.75) is 3.82 Å². The molecule has 0 aliphatic rings. The van der Waals surface area contributed by atoms with Gasteiger partial charge in [-0.1, -0.05) is 23.2 Å². The van der Waals surface area contributed by atoms with Crippen molar-refractivity contribution in [3.05, 3.63) is 0 Å². The van der Waals surface area contributed by atoms with Crippen molar-refractivity contribution in [3.63, 3.8) is 0 Å². The molecule has 15 heavy (non-hydrogen) atoms. The summed E-state index contributed by atoms with van der Waals surface area (Å²) >= 11 is 8.96. The van der Waals surface area contributed by atoms with Gasteiger partial charge in [-0.25, -0.2) is 0 Å². The van der Waals surface area contributed by atoms with Gasteiger partial charge in [-0.3, -0.25) is 0 Å². The SMILES string of the molecule is O=P([O-])([O-])C(Cl)(Cl)P(=O)([O-])[O-].[K+].[K+].[K+].[K+]. The van der Waals surface area contributed by atoms with E-state index in [1.165, 1.54) is 0 Å². The van der Waals surface area contributed by atoms with E-state index in [1.54, 1.807) is 0 Å². The van der Waals surface area contributed by atoms with Crippen LogP contribution in [0.1, 0.15) is 0 Å². The molecule has 0 amide bonds. The molecule has 0 saturated carbocycles. The average molecular weight is 397 g/mol. The fraction of sp³-hybridized carbons (Fsp3) is 1.00. The van der Waals surface area contributed by atoms with Crippen molar-refractivity contribution >= 4 is 38.4 Å². The number of alkyl halides is 2. The third-order valence-corrected chi connectivity index (χ3v) is 5.93. The zero-order chi connectivity index (χ0) is 9.50. The van der Waals surface area contributed by atoms with Gasteiger partial charge >= 0.3 is 206 Å². The van der Waals surface area contributed by atoms with E-state index in [-0.39, 0.29) is 206 Å². The van der Waals surface area contributed by atoms with Crippen LogP contribution < -0.4 is 225 Å². The van der Waals surface area contributed by atoms with Crippen molar-refractivity contribution in [1.82, 2.24) is 0 Å². The Kier molecular flexibility index (Phi) is 31.3. The molecule has 0 bridgehead atoms. The summed E-state index contributed by atoms with van der Waals surface area (Å²) in [6.45, 7) is 0. The molecule has 0 aromatic carbocycles. The summed E-state index contributed by atoms with van der Waals surface area (Å²) in [5.74, 6) is 0. The van der Waals surface area contributed by atoms with Gasteiger partial charge in [-0.05, 0) is 15.2 Å². The first kappa shape index (κ1) is 33.9. The zero-order valence-electron chi connectivity index (χ0n) is 8.60. The van der Waals surface area contributed by atoms with Gasteiger partial charge < -0.3 is 28.7 Å². The second kappa shape index (κ2) is 13.8. The Balaban J connectivity index is -0.0000000833. The predicted molar refractivity (Wildman–Crippen MR) is 29.7 cm³/mol. The largest absolute Gasteiger partial charge is 1.00 e. The second-order valence-corrected chi connectivity index (χ2v) is 7.57. The molecule has 0 atom stereocenters. The molecule has 0 rings (SSSR count). The van der Waals surface area contributed by atoms with Crippen LogP contribution in [0.5, 0.6) is 0 Å². The van der Waals surface area contributed by atoms with Crippen LogP contribution in [0, 0.1) is 0 Å². The van der Waals surface area contributed by atoms with Crippen molar-refractivity contribution in [3.8, 4) is 0 Å². The average Bonchev–Trinajstić information content (AvgIpc) is 1.58. The van der Waals surface area contributed by atoms with E-state index < -0.39 is 19.0 Å². The predicted octanol–water partition coefficient (Wildman–Crippen LogP) is -14.1. The van der Waals surface area contributed by atoms with Crippen molar-refractivity contribution in [2.75, 3.05) is 0 Å². The zero-order valence-corrected chi connectivity index (χ0v) is 24.4. The second-order valence-electron chi connectivity index (χ2n) is 1.50. The first-order valence-corrected chi connectivity index (χ1v) is 5.76. The quantitative estimate of drug-likeness (QED) is 0.259. The third kappa shape index (κ3) is 12.5. The molecule has 0 aliphatic carbocycles. The van der Waals surface area contributed by atoms with Crippen molar-refractivity contribution in [1.29, 1.82) is 0 Å². The van der Waals surface area contributed by atoms with Gasteiger partial charge in [0.25, 0.3) is 0 Å². The molecule has 14 heteroatoms. The first-order chi connectivity index (χ1) is 4.50. The van der Waals surface area contributed by atoms with E-state index in [9.17, 15) is 28.7 Å². The van der Waals surface area contributed by atoms with Crippen LogP contribution in [0.3, 0.4) is 0 Å². The number of hydrogen-bond donors (Lipinski definition) is 0. The minimum absolute atomic E-state index is 0. The summed E-state index contributed by atoms with van der Waals surface area (Å²) in [5.41, 5.74) is 0. The van der Waals surface area contributed by atoms with Gasteiger partial charge in [0.15, 0.2) is 3.82 Å². The van der Waals surface area contributed by atoms with Crippen LogP contribution in [0.4, 0.5) is 0 Å². The molecule has 0 aromatic heterocycles. The summed E-state index contributed by atoms with van der Waals surface area (Å²) in [7, 11) is -11.7. The number of rotatable bonds is 2. The molecular formula is CCl2K4O6P2. The Hall–Kier alpha value is 7.43. The first-order valence-electron chi connectivity index (χ1n) is 1.92. The van der Waals surface area contributed by atoms with Crippen molar-refractivity contribution in [2.24, 2.45) is 0 Å². The Morgan fingerprint density at radius 2 is 0.867 bits per heavy atom. The molecule has 6 nitrogen and oxygen atoms in total. The molecular weight excluding hydrogens is 397 g/mol. The number of hydrogen-bond acceptors (Lipinski definition) is 6. The molecule has 68 valence electrons. The molecule has 0 spiro atoms. The topological polar surface area (TPSA) is 126 Å². The van der Waals surface area contributed by atoms with Crippen LogP contribution in [-0.2, 0) is 9.13 Å². The Labute approximate surface area is 267 Å². The van der Waals surface area contributed by atoms with Gasteiger partial charge in [0.1, 0.15) is 0 Å². The number of halogens is 2. The maximum Gasteiger partial charge on any atom is 1.00 e. The van der Waals surface area contributed by atoms with Crippen LogP contribution >= 0.6 is 38.4 Å². The molecule has 0 aromatic rings. The normalized spacial score (nSPS) is 11.1. The monoisotopic (exact) mass is 396 g/mol. The minimum atomic E-state index is -5.85. The maximum atomic E-state index is 9.94. The van der Waals surface area contributed by atoms with Crippen LogP contribution in [-0.4, -0.2) is 3.82 Å². The third-order valence-electron chi connectivity index (χ3n) is 0.659. The molecule has 0 heterocycles. The minimum Gasteiger partial charge on any atom is -0.808 e. The van der Waals surface area contributed by atoms with Crippen LogP contribution in [0.15, 0.2) is 0 Å². The molecule has 0 saturated heterocycles. The van der Waals surface area contributed by atoms with E-state index in [0.29, 0.717) is 0 Å². The molecule has 0 unspecified atom stereocenters. The standard InChI is InChI=1S/CH4Cl2O6P2.4K/c2-1(3,10(4,5)6)11(7,8)9;;;;/h(H2,4,5,6)(H2,7,8,9);;;;/q;4*+1/p-4. The summed E-state index contributed by atoms with van der Waals surface area (Å²) in [5, 5.41) is 0. The fourth-order valence-electron chi connectivity index (χ4n) is 0.150. The summed E-state index contributed by atoms with van der Waals surface area (Å²) in [6, 6.07) is 0. The van der Waals surface area contributed by atoms with Gasteiger partial charge in [-0.2, -0.15) is 0 Å². The van der Waals surface area contributed by atoms with Crippen molar-refractivity contribution < 1.29 is 234 Å². The molecule has 0 radical (unpaired) electrons. The van der Waals surface area contributed by atoms with E-state index in [0.717, 1.165) is 0 Å². The van der Waals surface area contributed by atoms with E-state index in [2.05, 4.69) is 23.2 Å². The summed E-state index contributed by atoms with van der Waals surface area (Å²) in [4.78, 5) is 39.7. The van der Waals surface area contributed by atoms with Gasteiger partial charge in [0.2, 0.25) is 0 Å². The Morgan fingerprint density at radius 3 is 0.867 bits per heavy atom. The van der Waals surface area contributed by atoms with E-state index >= 15 is 0 Å². The van der Waals surface area contributed by atoms with E-state index in [4.69, 9.17) is 0 Å². The molecule has 0 N–H and O–H groups in total. The molecule has 0 fully saturated rings. The Morgan fingerprint density at radius 1 is 0.733 bits per heavy atom. The Bertz CT molecular complexity index is 224. The van der Waals surface area contributed by atoms with Gasteiger partial charge in [0.05, 0.1) is 0 Å². The smallest absolute Gasteiger partial charge is 0.808 e. The maximum absolute atomic E-state index is 9.94. The van der Waals surface area contributed by atoms with Gasteiger partial charge in [0, 0.05) is 0 Å². The van der Waals surface area contributed by atoms with Crippen LogP contribution in [0.25, 0.3) is 0 Å². The fourth-order valence-corrected chi connectivity index (χ4v) is 1.35. The summed E-state index contributed by atoms with van der Waals surface area (Å²) < 4.78 is 16.1. The summed E-state index contributed by atoms with van der Waals surface area (Å²) in [6.07, 6.45) is 0. The van der Waals surface area contributed by atoms with Crippen LogP contribution in [0.2, 0.25) is 0 Å².